The van der Waals surface area contributed by atoms with Crippen LogP contribution in [0.1, 0.15) is 5.69 Å². The van der Waals surface area contributed by atoms with Crippen LogP contribution in [0.15, 0.2) is 46.5 Å². The predicted molar refractivity (Wildman–Crippen MR) is 123 cm³/mol. The van der Waals surface area contributed by atoms with Gasteiger partial charge in [-0.2, -0.15) is 0 Å². The number of hydrogen-bond donors (Lipinski definition) is 3. The molecule has 4 N–H and O–H groups in total. The number of β-lactam (4-membered cyclic amide) rings is 1. The molecule has 0 bridgehead atoms. The number of carboxylic acid groups (broad SMARTS) is 1. The normalized spacial score (nSPS) is 20.0. The highest BCUT2D eigenvalue weighted by atomic mass is 32.2. The van der Waals surface area contributed by atoms with Gasteiger partial charge in [0.25, 0.3) is 23.8 Å². The number of thiazole rings is 1. The van der Waals surface area contributed by atoms with Crippen molar-refractivity contribution in [2.75, 3.05) is 18.6 Å². The number of nitrogens with two attached hydrogens (primary N) is 1. The number of hydrogen-bond acceptors (Lipinski definition) is 11. The second-order valence-corrected chi connectivity index (χ2v) is 9.44. The van der Waals surface area contributed by atoms with E-state index in [4.69, 9.17) is 10.6 Å². The first-order valence-electron chi connectivity index (χ1n) is 10.1. The SMILES string of the molecule is CO/N=C(\C(=O)NC1C(=O)N2C(C(=O)O)=C(C[n+]3cnn4ncccc43)CS[C@H]12)c1csc(N)n1. The number of carboxylic acids is 1. The second-order valence-electron chi connectivity index (χ2n) is 7.44. The van der Waals surface area contributed by atoms with Gasteiger partial charge >= 0.3 is 5.97 Å². The van der Waals surface area contributed by atoms with Crippen LogP contribution in [0.4, 0.5) is 5.13 Å². The van der Waals surface area contributed by atoms with E-state index in [1.165, 1.54) is 28.4 Å². The first-order chi connectivity index (χ1) is 16.9. The number of nitrogen functional groups attached to an aromatic ring is 1. The lowest BCUT2D eigenvalue weighted by Gasteiger charge is -2.49. The summed E-state index contributed by atoms with van der Waals surface area (Å²) < 4.78 is 3.18. The molecular formula is C19H18N9O5S2+. The first-order valence-corrected chi connectivity index (χ1v) is 12.0. The Morgan fingerprint density at radius 2 is 2.26 bits per heavy atom. The monoisotopic (exact) mass is 516 g/mol. The molecule has 35 heavy (non-hydrogen) atoms. The molecule has 2 amide bonds. The number of aromatic nitrogens is 5. The van der Waals surface area contributed by atoms with E-state index in [9.17, 15) is 19.5 Å². The third-order valence-electron chi connectivity index (χ3n) is 5.37. The molecule has 0 spiro atoms. The van der Waals surface area contributed by atoms with Crippen molar-refractivity contribution in [3.05, 3.63) is 47.0 Å². The molecule has 0 saturated carbocycles. The average molecular weight is 517 g/mol. The molecule has 0 aromatic carbocycles. The van der Waals surface area contributed by atoms with E-state index in [2.05, 4.69) is 25.7 Å². The van der Waals surface area contributed by atoms with Crippen LogP contribution in [0, 0.1) is 0 Å². The number of fused-ring (bicyclic) bond motifs is 2. The van der Waals surface area contributed by atoms with Crippen molar-refractivity contribution in [2.45, 2.75) is 18.0 Å². The van der Waals surface area contributed by atoms with Gasteiger partial charge in [0.2, 0.25) is 0 Å². The van der Waals surface area contributed by atoms with Crippen molar-refractivity contribution < 1.29 is 28.9 Å². The van der Waals surface area contributed by atoms with E-state index >= 15 is 0 Å². The topological polar surface area (TPSA) is 181 Å². The van der Waals surface area contributed by atoms with Gasteiger partial charge in [0.15, 0.2) is 10.8 Å². The lowest BCUT2D eigenvalue weighted by Crippen LogP contribution is -2.71. The van der Waals surface area contributed by atoms with Gasteiger partial charge in [0.1, 0.15) is 29.9 Å². The van der Waals surface area contributed by atoms with Crippen LogP contribution in [-0.4, -0.2) is 77.6 Å². The Balaban J connectivity index is 1.37. The van der Waals surface area contributed by atoms with Gasteiger partial charge in [-0.05, 0) is 6.07 Å². The van der Waals surface area contributed by atoms with Crippen molar-refractivity contribution in [3.8, 4) is 0 Å². The highest BCUT2D eigenvalue weighted by Gasteiger charge is 2.54. The number of nitrogens with zero attached hydrogens (tertiary/aromatic N) is 7. The second kappa shape index (κ2) is 8.95. The molecule has 3 aromatic heterocycles. The largest absolute Gasteiger partial charge is 0.477 e. The third kappa shape index (κ3) is 3.95. The zero-order valence-electron chi connectivity index (χ0n) is 18.1. The molecule has 3 aromatic rings. The Hall–Kier alpha value is -4.05. The summed E-state index contributed by atoms with van der Waals surface area (Å²) in [5.74, 6) is -2.10. The summed E-state index contributed by atoms with van der Waals surface area (Å²) in [6.45, 7) is 0.216. The number of anilines is 1. The zero-order chi connectivity index (χ0) is 24.7. The summed E-state index contributed by atoms with van der Waals surface area (Å²) in [5, 5.41) is 25.7. The molecule has 2 atom stereocenters. The van der Waals surface area contributed by atoms with Crippen LogP contribution < -0.4 is 15.6 Å². The van der Waals surface area contributed by atoms with Crippen LogP contribution in [-0.2, 0) is 25.8 Å². The molecule has 0 aliphatic carbocycles. The molecule has 0 radical (unpaired) electrons. The Morgan fingerprint density at radius 3 is 2.97 bits per heavy atom. The van der Waals surface area contributed by atoms with Crippen molar-refractivity contribution >= 4 is 57.4 Å². The summed E-state index contributed by atoms with van der Waals surface area (Å²) in [6.07, 6.45) is 3.14. The van der Waals surface area contributed by atoms with Crippen LogP contribution in [0.3, 0.4) is 0 Å². The van der Waals surface area contributed by atoms with Crippen molar-refractivity contribution in [1.29, 1.82) is 0 Å². The fraction of sp³-hybridized carbons (Fsp3) is 0.263. The maximum atomic E-state index is 13.0. The maximum absolute atomic E-state index is 13.0. The molecule has 5 heterocycles. The lowest BCUT2D eigenvalue weighted by molar-refractivity contribution is -0.664. The third-order valence-corrected chi connectivity index (χ3v) is 7.38. The van der Waals surface area contributed by atoms with Gasteiger partial charge in [0.05, 0.1) is 17.8 Å². The van der Waals surface area contributed by atoms with E-state index in [0.29, 0.717) is 17.0 Å². The van der Waals surface area contributed by atoms with Gasteiger partial charge in [-0.1, -0.05) is 10.3 Å². The highest BCUT2D eigenvalue weighted by Crippen LogP contribution is 2.40. The summed E-state index contributed by atoms with van der Waals surface area (Å²) in [6, 6.07) is 2.61. The van der Waals surface area contributed by atoms with Gasteiger partial charge in [-0.25, -0.2) is 14.3 Å². The van der Waals surface area contributed by atoms with E-state index in [1.54, 1.807) is 34.6 Å². The number of oxime groups is 1. The average Bonchev–Trinajstić information content (AvgIpc) is 3.46. The van der Waals surface area contributed by atoms with Crippen LogP contribution in [0.25, 0.3) is 5.65 Å². The van der Waals surface area contributed by atoms with E-state index in [1.807, 2.05) is 0 Å². The summed E-state index contributed by atoms with van der Waals surface area (Å²) in [4.78, 5) is 48.0. The number of carbonyl (C=O) groups excluding carboxylic acids is 2. The van der Waals surface area contributed by atoms with Gasteiger partial charge in [-0.15, -0.1) is 23.1 Å². The molecule has 1 saturated heterocycles. The minimum Gasteiger partial charge on any atom is -0.477 e. The Morgan fingerprint density at radius 1 is 1.43 bits per heavy atom. The van der Waals surface area contributed by atoms with E-state index in [-0.39, 0.29) is 28.8 Å². The van der Waals surface area contributed by atoms with Crippen LogP contribution in [0.2, 0.25) is 0 Å². The van der Waals surface area contributed by atoms with Gasteiger partial charge in [-0.3, -0.25) is 14.5 Å². The van der Waals surface area contributed by atoms with Gasteiger partial charge < -0.3 is 21.0 Å². The Bertz CT molecular complexity index is 1410. The van der Waals surface area contributed by atoms with Crippen molar-refractivity contribution in [2.24, 2.45) is 5.16 Å². The van der Waals surface area contributed by atoms with Crippen molar-refractivity contribution in [1.82, 2.24) is 30.0 Å². The number of carbonyl (C=O) groups is 3. The molecule has 180 valence electrons. The quantitative estimate of drug-likeness (QED) is 0.150. The molecule has 14 nitrogen and oxygen atoms in total. The van der Waals surface area contributed by atoms with Crippen LogP contribution in [0.5, 0.6) is 0 Å². The molecular weight excluding hydrogens is 498 g/mol. The van der Waals surface area contributed by atoms with Gasteiger partial charge in [0, 0.05) is 27.4 Å². The minimum absolute atomic E-state index is 0.0990. The molecule has 1 fully saturated rings. The number of rotatable bonds is 7. The van der Waals surface area contributed by atoms with Crippen molar-refractivity contribution in [3.63, 3.8) is 0 Å². The molecule has 5 rings (SSSR count). The molecule has 2 aliphatic heterocycles. The fourth-order valence-electron chi connectivity index (χ4n) is 3.86. The molecule has 16 heteroatoms. The summed E-state index contributed by atoms with van der Waals surface area (Å²) in [7, 11) is 1.28. The Labute approximate surface area is 205 Å². The zero-order valence-corrected chi connectivity index (χ0v) is 19.7. The number of thioether (sulfide) groups is 1. The Kier molecular flexibility index (Phi) is 5.81. The number of nitrogens with one attached hydrogen (secondary N) is 1. The number of aliphatic carboxylic acids is 1. The smallest absolute Gasteiger partial charge is 0.352 e. The van der Waals surface area contributed by atoms with Crippen LogP contribution >= 0.6 is 23.1 Å². The standard InChI is InChI=1S/C19H17N9O5S2/c1-33-25-12(10-7-35-19(20)23-10)15(29)24-13-16(30)27-14(18(31)32)9(6-34-17(13)27)5-26-8-22-28-11(26)3-2-4-21-28/h2-4,7-8,13,17H,5-6H2,1H3,(H3-,20,23,24,29,31,32)/p+1/b25-12-/t13?,17-/m1/s1. The highest BCUT2D eigenvalue weighted by molar-refractivity contribution is 8.00. The fourth-order valence-corrected chi connectivity index (χ4v) is 5.74. The summed E-state index contributed by atoms with van der Waals surface area (Å²) >= 11 is 2.48. The minimum atomic E-state index is -1.22. The lowest BCUT2D eigenvalue weighted by atomic mass is 10.0. The summed E-state index contributed by atoms with van der Waals surface area (Å²) in [5.41, 5.74) is 6.82. The maximum Gasteiger partial charge on any atom is 0.352 e. The van der Waals surface area contributed by atoms with E-state index in [0.717, 1.165) is 11.3 Å². The molecule has 1 unspecified atom stereocenters. The predicted octanol–water partition coefficient (Wildman–Crippen LogP) is -1.16. The van der Waals surface area contributed by atoms with E-state index < -0.39 is 29.2 Å². The molecule has 2 aliphatic rings. The number of amides is 2. The first kappa shape index (κ1) is 22.7.